The number of anilines is 1. The predicted octanol–water partition coefficient (Wildman–Crippen LogP) is 3.27. The van der Waals surface area contributed by atoms with Gasteiger partial charge in [-0.15, -0.1) is 0 Å². The second-order valence-corrected chi connectivity index (χ2v) is 5.40. The number of benzene rings is 1. The van der Waals surface area contributed by atoms with E-state index in [0.717, 1.165) is 18.9 Å². The standard InChI is InChI=1S/C16H9F5N2O/c17-10-6-7-11-12(13(10)18)15(16(19,20)21,23-14(24)22-11)8-2-1-3-9-4-5-9/h6-7,9H,4-5H2,(H2,22,23,24)/t15-/m0/s1. The Hall–Kier alpha value is -2.74. The van der Waals surface area contributed by atoms with Crippen LogP contribution in [0.3, 0.4) is 0 Å². The number of hydrogen-bond acceptors (Lipinski definition) is 1. The molecule has 2 amide bonds. The van der Waals surface area contributed by atoms with E-state index in [1.165, 1.54) is 0 Å². The van der Waals surface area contributed by atoms with E-state index in [1.807, 2.05) is 11.2 Å². The first-order valence-electron chi connectivity index (χ1n) is 6.91. The highest BCUT2D eigenvalue weighted by Gasteiger charge is 2.61. The van der Waals surface area contributed by atoms with Crippen LogP contribution >= 0.6 is 0 Å². The summed E-state index contributed by atoms with van der Waals surface area (Å²) in [4.78, 5) is 11.6. The van der Waals surface area contributed by atoms with Crippen molar-refractivity contribution in [2.24, 2.45) is 5.92 Å². The number of carbonyl (C=O) groups excluding carboxylic acids is 1. The predicted molar refractivity (Wildman–Crippen MR) is 74.5 cm³/mol. The molecule has 2 N–H and O–H groups in total. The van der Waals surface area contributed by atoms with Crippen LogP contribution in [0.1, 0.15) is 18.4 Å². The van der Waals surface area contributed by atoms with E-state index in [2.05, 4.69) is 11.8 Å². The number of rotatable bonds is 0. The lowest BCUT2D eigenvalue weighted by Crippen LogP contribution is -2.59. The zero-order chi connectivity index (χ0) is 17.5. The number of carbonyl (C=O) groups is 1. The topological polar surface area (TPSA) is 41.1 Å². The molecule has 1 aromatic carbocycles. The summed E-state index contributed by atoms with van der Waals surface area (Å²) in [5, 5.41) is 3.59. The second-order valence-electron chi connectivity index (χ2n) is 5.40. The summed E-state index contributed by atoms with van der Waals surface area (Å²) < 4.78 is 68.6. The molecule has 1 aromatic rings. The molecule has 1 saturated carbocycles. The smallest absolute Gasteiger partial charge is 0.310 e. The molecule has 1 atom stereocenters. The molecule has 3 nitrogen and oxygen atoms in total. The van der Waals surface area contributed by atoms with Gasteiger partial charge in [0.15, 0.2) is 11.6 Å². The van der Waals surface area contributed by atoms with Crippen molar-refractivity contribution >= 4 is 11.7 Å². The molecule has 0 saturated heterocycles. The van der Waals surface area contributed by atoms with Crippen molar-refractivity contribution in [3.8, 4) is 23.7 Å². The Morgan fingerprint density at radius 3 is 2.50 bits per heavy atom. The Kier molecular flexibility index (Phi) is 3.64. The van der Waals surface area contributed by atoms with Crippen molar-refractivity contribution in [2.75, 3.05) is 5.32 Å². The fourth-order valence-corrected chi connectivity index (χ4v) is 2.28. The molecule has 0 radical (unpaired) electrons. The summed E-state index contributed by atoms with van der Waals surface area (Å²) in [5.41, 5.74) is -5.00. The van der Waals surface area contributed by atoms with Crippen LogP contribution in [-0.2, 0) is 5.54 Å². The first-order valence-corrected chi connectivity index (χ1v) is 6.91. The molecular weight excluding hydrogens is 331 g/mol. The molecule has 0 bridgehead atoms. The quantitative estimate of drug-likeness (QED) is 0.552. The number of urea groups is 1. The van der Waals surface area contributed by atoms with E-state index in [4.69, 9.17) is 0 Å². The monoisotopic (exact) mass is 340 g/mol. The molecule has 0 spiro atoms. The maximum atomic E-state index is 14.1. The third-order valence-electron chi connectivity index (χ3n) is 3.61. The van der Waals surface area contributed by atoms with Crippen LogP contribution < -0.4 is 10.6 Å². The number of fused-ring (bicyclic) bond motifs is 1. The maximum absolute atomic E-state index is 14.1. The Labute approximate surface area is 133 Å². The van der Waals surface area contributed by atoms with Crippen molar-refractivity contribution in [1.29, 1.82) is 0 Å². The van der Waals surface area contributed by atoms with Crippen LogP contribution in [0.2, 0.25) is 0 Å². The van der Waals surface area contributed by atoms with E-state index in [-0.39, 0.29) is 5.92 Å². The van der Waals surface area contributed by atoms with Gasteiger partial charge in [0.05, 0.1) is 11.3 Å². The molecule has 1 heterocycles. The second kappa shape index (κ2) is 5.41. The van der Waals surface area contributed by atoms with Crippen LogP contribution in [0.5, 0.6) is 0 Å². The number of amides is 2. The Morgan fingerprint density at radius 1 is 1.17 bits per heavy atom. The zero-order valence-corrected chi connectivity index (χ0v) is 11.9. The lowest BCUT2D eigenvalue weighted by atomic mass is 9.86. The fraction of sp³-hybridized carbons (Fsp3) is 0.312. The van der Waals surface area contributed by atoms with Gasteiger partial charge in [0.1, 0.15) is 0 Å². The molecule has 124 valence electrons. The minimum absolute atomic E-state index is 0.102. The van der Waals surface area contributed by atoms with Gasteiger partial charge in [0, 0.05) is 5.92 Å². The lowest BCUT2D eigenvalue weighted by Gasteiger charge is -2.37. The minimum atomic E-state index is -5.19. The molecule has 8 heteroatoms. The number of hydrogen-bond donors (Lipinski definition) is 2. The van der Waals surface area contributed by atoms with Crippen LogP contribution in [0.4, 0.5) is 32.4 Å². The molecule has 2 aliphatic rings. The third kappa shape index (κ3) is 2.65. The molecule has 0 unspecified atom stereocenters. The van der Waals surface area contributed by atoms with E-state index in [9.17, 15) is 26.7 Å². The highest BCUT2D eigenvalue weighted by molar-refractivity contribution is 5.94. The Bertz CT molecular complexity index is 836. The molecule has 1 fully saturated rings. The minimum Gasteiger partial charge on any atom is -0.310 e. The summed E-state index contributed by atoms with van der Waals surface area (Å²) in [5.74, 6) is 5.60. The van der Waals surface area contributed by atoms with Gasteiger partial charge < -0.3 is 10.6 Å². The van der Waals surface area contributed by atoms with Gasteiger partial charge in [0.2, 0.25) is 5.54 Å². The summed E-state index contributed by atoms with van der Waals surface area (Å²) in [7, 11) is 0. The molecule has 1 aliphatic heterocycles. The van der Waals surface area contributed by atoms with Crippen molar-refractivity contribution in [3.05, 3.63) is 29.3 Å². The highest BCUT2D eigenvalue weighted by atomic mass is 19.4. The van der Waals surface area contributed by atoms with Crippen molar-refractivity contribution in [1.82, 2.24) is 5.32 Å². The van der Waals surface area contributed by atoms with E-state index >= 15 is 0 Å². The van der Waals surface area contributed by atoms with Crippen molar-refractivity contribution in [3.63, 3.8) is 0 Å². The normalized spacial score (nSPS) is 22.1. The lowest BCUT2D eigenvalue weighted by molar-refractivity contribution is -0.179. The maximum Gasteiger partial charge on any atom is 0.427 e. The molecule has 24 heavy (non-hydrogen) atoms. The molecular formula is C16H9F5N2O. The van der Waals surface area contributed by atoms with E-state index in [1.54, 1.807) is 11.2 Å². The van der Waals surface area contributed by atoms with Crippen LogP contribution in [-0.4, -0.2) is 12.2 Å². The number of alkyl halides is 3. The van der Waals surface area contributed by atoms with Gasteiger partial charge in [-0.25, -0.2) is 13.6 Å². The average molecular weight is 340 g/mol. The number of halogens is 5. The van der Waals surface area contributed by atoms with Gasteiger partial charge in [-0.1, -0.05) is 5.92 Å². The van der Waals surface area contributed by atoms with Crippen molar-refractivity contribution < 1.29 is 26.7 Å². The third-order valence-corrected chi connectivity index (χ3v) is 3.61. The summed E-state index contributed by atoms with van der Waals surface area (Å²) in [6, 6.07) is 0.251. The average Bonchev–Trinajstić information content (AvgIpc) is 3.30. The van der Waals surface area contributed by atoms with Crippen LogP contribution in [0.25, 0.3) is 0 Å². The first kappa shape index (κ1) is 16.1. The molecule has 3 rings (SSSR count). The van der Waals surface area contributed by atoms with Gasteiger partial charge in [-0.05, 0) is 42.7 Å². The zero-order valence-electron chi connectivity index (χ0n) is 11.9. The van der Waals surface area contributed by atoms with E-state index in [0.29, 0.717) is 6.07 Å². The summed E-state index contributed by atoms with van der Waals surface area (Å²) >= 11 is 0. The first-order chi connectivity index (χ1) is 11.2. The Morgan fingerprint density at radius 2 is 1.88 bits per heavy atom. The fourth-order valence-electron chi connectivity index (χ4n) is 2.28. The Balaban J connectivity index is 2.21. The SMILES string of the molecule is O=C1Nc2ccc(F)c(F)c2[C@@](C#CC#CC2CC2)(C(F)(F)F)N1. The van der Waals surface area contributed by atoms with Crippen LogP contribution in [0, 0.1) is 41.2 Å². The summed E-state index contributed by atoms with van der Waals surface area (Å²) in [6.07, 6.45) is -3.49. The summed E-state index contributed by atoms with van der Waals surface area (Å²) in [6.45, 7) is 0. The highest BCUT2D eigenvalue weighted by Crippen LogP contribution is 2.45. The molecule has 0 aromatic heterocycles. The van der Waals surface area contributed by atoms with Crippen molar-refractivity contribution in [2.45, 2.75) is 24.6 Å². The molecule has 1 aliphatic carbocycles. The van der Waals surface area contributed by atoms with Gasteiger partial charge in [-0.3, -0.25) is 0 Å². The van der Waals surface area contributed by atoms with Crippen LogP contribution in [0.15, 0.2) is 12.1 Å². The number of nitrogens with one attached hydrogen (secondary N) is 2. The largest absolute Gasteiger partial charge is 0.427 e. The van der Waals surface area contributed by atoms with E-state index < -0.39 is 40.6 Å². The van der Waals surface area contributed by atoms with Gasteiger partial charge in [-0.2, -0.15) is 13.2 Å². The van der Waals surface area contributed by atoms with Gasteiger partial charge in [0.25, 0.3) is 0 Å². The van der Waals surface area contributed by atoms with Gasteiger partial charge >= 0.3 is 12.2 Å².